The summed E-state index contributed by atoms with van der Waals surface area (Å²) in [6.45, 7) is 2.22. The molecule has 0 spiro atoms. The van der Waals surface area contributed by atoms with Gasteiger partial charge in [-0.25, -0.2) is 0 Å². The maximum absolute atomic E-state index is 6.34. The van der Waals surface area contributed by atoms with Crippen LogP contribution in [0, 0.1) is 0 Å². The molecule has 0 aromatic rings. The summed E-state index contributed by atoms with van der Waals surface area (Å²) in [5.74, 6) is 0. The van der Waals surface area contributed by atoms with E-state index in [0.717, 1.165) is 0 Å². The van der Waals surface area contributed by atoms with Crippen LogP contribution in [0.15, 0.2) is 0 Å². The summed E-state index contributed by atoms with van der Waals surface area (Å²) in [4.78, 5) is 4.62. The van der Waals surface area contributed by atoms with Crippen molar-refractivity contribution in [1.29, 1.82) is 0 Å². The van der Waals surface area contributed by atoms with E-state index in [4.69, 9.17) is 8.91 Å². The summed E-state index contributed by atoms with van der Waals surface area (Å²) in [6.07, 6.45) is 1.27. The minimum atomic E-state index is -2.03. The molecule has 0 fully saturated rings. The van der Waals surface area contributed by atoms with Crippen LogP contribution in [0.3, 0.4) is 0 Å². The Balaban J connectivity index is 3.73. The van der Waals surface area contributed by atoms with Crippen LogP contribution in [0.1, 0.15) is 13.3 Å². The van der Waals surface area contributed by atoms with Gasteiger partial charge in [0.1, 0.15) is 0 Å². The Morgan fingerprint density at radius 1 is 1.50 bits per heavy atom. The van der Waals surface area contributed by atoms with Gasteiger partial charge >= 0.3 is 59.4 Å². The van der Waals surface area contributed by atoms with E-state index in [1.807, 2.05) is 0 Å². The zero-order chi connectivity index (χ0) is 6.86. The molecular weight excluding hydrogens is 250 g/mol. The molecule has 0 rings (SSSR count). The third-order valence-electron chi connectivity index (χ3n) is 0.827. The predicted molar refractivity (Wildman–Crippen MR) is 56.8 cm³/mol. The van der Waals surface area contributed by atoms with E-state index in [9.17, 15) is 0 Å². The number of hydrogen-bond donors (Lipinski definition) is 0. The molecule has 0 unspecified atom stereocenters. The average molecular weight is 267 g/mol. The number of alkyl halides is 3. The van der Waals surface area contributed by atoms with Gasteiger partial charge in [-0.15, -0.1) is 0 Å². The normalized spacial score (nSPS) is 17.8. The van der Waals surface area contributed by atoms with Crippen LogP contribution < -0.4 is 0 Å². The van der Waals surface area contributed by atoms with Crippen molar-refractivity contribution in [3.63, 3.8) is 0 Å². The van der Waals surface area contributed by atoms with Crippen LogP contribution >= 0.6 is 24.0 Å². The van der Waals surface area contributed by atoms with Gasteiger partial charge in [0.15, 0.2) is 0 Å². The van der Waals surface area contributed by atoms with Crippen molar-refractivity contribution in [2.75, 3.05) is 14.3 Å². The fourth-order valence-corrected chi connectivity index (χ4v) is 7.78. The molecule has 0 aliphatic heterocycles. The first kappa shape index (κ1) is 9.24. The molecule has 0 aromatic heterocycles. The summed E-state index contributed by atoms with van der Waals surface area (Å²) < 4.78 is 1.32. The van der Waals surface area contributed by atoms with E-state index < -0.39 is 15.1 Å². The molecule has 0 atom stereocenters. The molecule has 54 valence electrons. The van der Waals surface area contributed by atoms with Gasteiger partial charge in [0.2, 0.25) is 0 Å². The molecule has 0 aliphatic rings. The molecule has 0 radical (unpaired) electrons. The van der Waals surface area contributed by atoms with Gasteiger partial charge in [-0.3, -0.25) is 0 Å². The molecule has 0 saturated carbocycles. The van der Waals surface area contributed by atoms with Crippen molar-refractivity contribution >= 4 is 31.8 Å². The Labute approximate surface area is 59.2 Å². The Morgan fingerprint density at radius 3 is 1.88 bits per heavy atom. The zero-order valence-corrected chi connectivity index (χ0v) is 11.1. The van der Waals surface area contributed by atoms with Crippen LogP contribution in [0.5, 0.6) is 0 Å². The van der Waals surface area contributed by atoms with E-state index in [1.165, 1.54) is 18.6 Å². The minimum absolute atomic E-state index is 1.25. The second-order valence-electron chi connectivity index (χ2n) is 3.15. The molecule has 0 heterocycles. The maximum atomic E-state index is 6.34. The second kappa shape index (κ2) is 2.46. The molecule has 0 aromatic carbocycles. The summed E-state index contributed by atoms with van der Waals surface area (Å²) in [7, 11) is 7.58. The quantitative estimate of drug-likeness (QED) is 0.309. The summed E-state index contributed by atoms with van der Waals surface area (Å²) in [5.41, 5.74) is 0. The zero-order valence-electron chi connectivity index (χ0n) is 6.17. The summed E-state index contributed by atoms with van der Waals surface area (Å²) in [6, 6.07) is 0. The first-order valence-corrected chi connectivity index (χ1v) is 18.6. The fourth-order valence-electron chi connectivity index (χ4n) is 0.638. The van der Waals surface area contributed by atoms with E-state index >= 15 is 0 Å². The Hall–Kier alpha value is 1.24. The predicted octanol–water partition coefficient (Wildman–Crippen LogP) is 1.67. The first-order chi connectivity index (χ1) is 3.31. The van der Waals surface area contributed by atoms with Gasteiger partial charge in [-0.05, 0) is 0 Å². The SMILES string of the molecule is CCCI(C)(C)([SiH3])Cl. The Morgan fingerprint density at radius 2 is 1.88 bits per heavy atom. The number of hydrogen-bond acceptors (Lipinski definition) is 0. The molecule has 0 aliphatic carbocycles. The third kappa shape index (κ3) is 7.24. The molecule has 0 nitrogen and oxygen atoms in total. The van der Waals surface area contributed by atoms with Crippen LogP contribution in [-0.2, 0) is 0 Å². The Kier molecular flexibility index (Phi) is 2.84. The monoisotopic (exact) mass is 266 g/mol. The molecule has 8 heavy (non-hydrogen) atoms. The standard InChI is InChI=1S/C5H16ClISi/c1-4-5-7(2,3,6)8/h4-5H2,1-3,8H3. The second-order valence-corrected chi connectivity index (χ2v) is 44.9. The van der Waals surface area contributed by atoms with Gasteiger partial charge in [0, 0.05) is 0 Å². The fraction of sp³-hybridized carbons (Fsp3) is 1.00. The first-order valence-electron chi connectivity index (χ1n) is 2.75. The van der Waals surface area contributed by atoms with Gasteiger partial charge in [0.05, 0.1) is 0 Å². The summed E-state index contributed by atoms with van der Waals surface area (Å²) in [5, 5.41) is 0. The number of rotatable bonds is 2. The van der Waals surface area contributed by atoms with Gasteiger partial charge in [-0.2, -0.15) is 0 Å². The van der Waals surface area contributed by atoms with Crippen molar-refractivity contribution in [2.45, 2.75) is 13.3 Å². The van der Waals surface area contributed by atoms with Crippen molar-refractivity contribution < 1.29 is 0 Å². The molecule has 0 amide bonds. The average Bonchev–Trinajstić information content (AvgIpc) is 1.25. The summed E-state index contributed by atoms with van der Waals surface area (Å²) >= 11 is -2.03. The van der Waals surface area contributed by atoms with Crippen LogP contribution in [-0.4, -0.2) is 22.0 Å². The van der Waals surface area contributed by atoms with E-state index in [-0.39, 0.29) is 0 Å². The van der Waals surface area contributed by atoms with Crippen molar-refractivity contribution in [1.82, 2.24) is 0 Å². The van der Waals surface area contributed by atoms with Crippen LogP contribution in [0.4, 0.5) is 0 Å². The topological polar surface area (TPSA) is 0 Å². The van der Waals surface area contributed by atoms with Crippen LogP contribution in [0.2, 0.25) is 0 Å². The van der Waals surface area contributed by atoms with E-state index in [2.05, 4.69) is 16.8 Å². The van der Waals surface area contributed by atoms with Crippen molar-refractivity contribution in [3.05, 3.63) is 0 Å². The Bertz CT molecular complexity index is 74.9. The molecule has 0 N–H and O–H groups in total. The van der Waals surface area contributed by atoms with Crippen molar-refractivity contribution in [3.8, 4) is 0 Å². The van der Waals surface area contributed by atoms with Crippen LogP contribution in [0.25, 0.3) is 0 Å². The van der Waals surface area contributed by atoms with E-state index in [0.29, 0.717) is 0 Å². The molecule has 0 bridgehead atoms. The molecule has 3 heteroatoms. The molecule has 0 saturated heterocycles. The van der Waals surface area contributed by atoms with Crippen molar-refractivity contribution in [2.24, 2.45) is 0 Å². The van der Waals surface area contributed by atoms with Gasteiger partial charge in [-0.1, -0.05) is 0 Å². The van der Waals surface area contributed by atoms with Gasteiger partial charge < -0.3 is 0 Å². The van der Waals surface area contributed by atoms with Gasteiger partial charge in [0.25, 0.3) is 0 Å². The number of halogens is 2. The molecular formula is C5H16ClISi. The van der Waals surface area contributed by atoms with E-state index in [1.54, 1.807) is 0 Å². The third-order valence-corrected chi connectivity index (χ3v) is 9.04.